The number of hydrogen-bond donors (Lipinski definition) is 0. The molecule has 3 aromatic rings. The maximum absolute atomic E-state index is 13.7. The second-order valence-electron chi connectivity index (χ2n) is 11.8. The Morgan fingerprint density at radius 1 is 0.929 bits per heavy atom. The molecule has 0 spiro atoms. The van der Waals surface area contributed by atoms with Crippen molar-refractivity contribution < 1.29 is 50.6 Å². The molecular weight excluding hydrogens is 563 g/mol. The van der Waals surface area contributed by atoms with Crippen LogP contribution in [0.25, 0.3) is 22.2 Å². The van der Waals surface area contributed by atoms with Crippen molar-refractivity contribution >= 4 is 29.5 Å². The van der Waals surface area contributed by atoms with Crippen molar-refractivity contribution in [2.75, 3.05) is 7.11 Å². The lowest BCUT2D eigenvalue weighted by Crippen LogP contribution is -2.41. The van der Waals surface area contributed by atoms with Gasteiger partial charge < -0.3 is 28.3 Å². The second kappa shape index (κ2) is 11.0. The van der Waals surface area contributed by atoms with E-state index >= 15 is 0 Å². The van der Waals surface area contributed by atoms with Crippen LogP contribution in [0.5, 0.6) is 17.2 Å². The van der Waals surface area contributed by atoms with Crippen LogP contribution in [0.4, 0.5) is 17.6 Å². The summed E-state index contributed by atoms with van der Waals surface area (Å²) >= 11 is 0. The third-order valence-electron chi connectivity index (χ3n) is 7.04. The van der Waals surface area contributed by atoms with Crippen molar-refractivity contribution in [1.82, 2.24) is 9.78 Å². The molecule has 4 rings (SSSR count). The Balaban J connectivity index is 1.93. The van der Waals surface area contributed by atoms with E-state index in [1.807, 2.05) is 27.7 Å². The molecule has 0 saturated carbocycles. The van der Waals surface area contributed by atoms with Crippen LogP contribution >= 0.6 is 0 Å². The fraction of sp³-hybridized carbons (Fsp3) is 0.500. The van der Waals surface area contributed by atoms with Gasteiger partial charge in [-0.1, -0.05) is 0 Å². The number of aryl methyl sites for hydroxylation is 1. The Hall–Kier alpha value is -3.52. The Bertz CT molecular complexity index is 1490. The van der Waals surface area contributed by atoms with E-state index in [1.165, 1.54) is 37.0 Å². The first-order chi connectivity index (χ1) is 19.3. The largest absolute Gasteiger partial charge is 0.496 e. The Labute approximate surface area is 241 Å². The van der Waals surface area contributed by atoms with Crippen LogP contribution in [0.15, 0.2) is 24.3 Å². The molecule has 0 bridgehead atoms. The molecule has 0 N–H and O–H groups in total. The highest BCUT2D eigenvalue weighted by Crippen LogP contribution is 2.42. The topological polar surface area (TPSA) is 90.3 Å². The number of nitrogens with zero attached hydrogens (tertiary/aromatic N) is 2. The predicted molar refractivity (Wildman–Crippen MR) is 147 cm³/mol. The van der Waals surface area contributed by atoms with E-state index in [9.17, 15) is 22.4 Å². The van der Waals surface area contributed by atoms with Gasteiger partial charge in [0.05, 0.1) is 34.9 Å². The molecule has 0 amide bonds. The number of ether oxygens (including phenoxy) is 4. The Morgan fingerprint density at radius 3 is 2.00 bits per heavy atom. The van der Waals surface area contributed by atoms with E-state index in [4.69, 9.17) is 28.3 Å². The highest BCUT2D eigenvalue weighted by Gasteiger charge is 2.52. The first kappa shape index (κ1) is 31.4. The summed E-state index contributed by atoms with van der Waals surface area (Å²) in [6.45, 7) is 5.77. The second-order valence-corrected chi connectivity index (χ2v) is 11.8. The zero-order valence-electron chi connectivity index (χ0n) is 24.8. The lowest BCUT2D eigenvalue weighted by atomic mass is 9.78. The summed E-state index contributed by atoms with van der Waals surface area (Å²) in [5.74, 6) is -1.88. The van der Waals surface area contributed by atoms with Crippen LogP contribution in [0, 0.1) is 0 Å². The third kappa shape index (κ3) is 6.14. The molecule has 14 heteroatoms. The number of alkyl halides is 4. The monoisotopic (exact) mass is 596 g/mol. The molecule has 9 nitrogen and oxygen atoms in total. The van der Waals surface area contributed by atoms with Gasteiger partial charge in [-0.05, 0) is 78.2 Å². The summed E-state index contributed by atoms with van der Waals surface area (Å²) in [5.41, 5.74) is -1.70. The molecular formula is C28H33BF4N2O7. The van der Waals surface area contributed by atoms with Crippen LogP contribution in [-0.2, 0) is 21.1 Å². The molecule has 0 radical (unpaired) electrons. The molecule has 1 aliphatic rings. The molecule has 0 atom stereocenters. The zero-order valence-corrected chi connectivity index (χ0v) is 24.8. The van der Waals surface area contributed by atoms with Gasteiger partial charge in [0.2, 0.25) is 0 Å². The van der Waals surface area contributed by atoms with Gasteiger partial charge in [-0.3, -0.25) is 4.68 Å². The molecule has 2 heterocycles. The summed E-state index contributed by atoms with van der Waals surface area (Å²) in [6.07, 6.45) is 0. The number of fused-ring (bicyclic) bond motifs is 1. The van der Waals surface area contributed by atoms with Crippen molar-refractivity contribution in [3.8, 4) is 28.5 Å². The highest BCUT2D eigenvalue weighted by atomic mass is 19.3. The van der Waals surface area contributed by atoms with Crippen LogP contribution < -0.4 is 19.7 Å². The Morgan fingerprint density at radius 2 is 1.48 bits per heavy atom. The van der Waals surface area contributed by atoms with Crippen molar-refractivity contribution in [3.63, 3.8) is 0 Å². The fourth-order valence-electron chi connectivity index (χ4n) is 4.55. The summed E-state index contributed by atoms with van der Waals surface area (Å²) in [7, 11) is 1.88. The maximum atomic E-state index is 13.7. The van der Waals surface area contributed by atoms with E-state index in [0.717, 1.165) is 0 Å². The van der Waals surface area contributed by atoms with Crippen LogP contribution in [-0.4, -0.2) is 60.0 Å². The minimum atomic E-state index is -3.30. The van der Waals surface area contributed by atoms with E-state index in [-0.39, 0.29) is 39.2 Å². The third-order valence-corrected chi connectivity index (χ3v) is 7.04. The quantitative estimate of drug-likeness (QED) is 0.186. The highest BCUT2D eigenvalue weighted by molar-refractivity contribution is 6.62. The normalized spacial score (nSPS) is 16.4. The summed E-state index contributed by atoms with van der Waals surface area (Å²) in [6, 6.07) is 5.52. The smallest absolute Gasteiger partial charge is 0.495 e. The van der Waals surface area contributed by atoms with Crippen LogP contribution in [0.1, 0.15) is 58.8 Å². The summed E-state index contributed by atoms with van der Waals surface area (Å²) < 4.78 is 88.2. The van der Waals surface area contributed by atoms with E-state index in [0.29, 0.717) is 5.46 Å². The minimum absolute atomic E-state index is 0.142. The Kier molecular flexibility index (Phi) is 8.20. The molecule has 42 heavy (non-hydrogen) atoms. The average molecular weight is 596 g/mol. The van der Waals surface area contributed by atoms with Crippen LogP contribution in [0.3, 0.4) is 0 Å². The van der Waals surface area contributed by atoms with E-state index in [2.05, 4.69) is 5.10 Å². The maximum Gasteiger partial charge on any atom is 0.495 e. The minimum Gasteiger partial charge on any atom is -0.496 e. The molecule has 1 aliphatic heterocycles. The summed E-state index contributed by atoms with van der Waals surface area (Å²) in [4.78, 5) is 13.0. The van der Waals surface area contributed by atoms with Crippen LogP contribution in [0.2, 0.25) is 0 Å². The summed E-state index contributed by atoms with van der Waals surface area (Å²) in [5, 5.41) is 4.62. The molecule has 0 aliphatic carbocycles. The number of aromatic nitrogens is 2. The molecule has 1 aromatic heterocycles. The standard InChI is InChI=1S/C28H33BF4N2O7/c1-26(2,3)40-23(36)21-17(37-9)10-14(11-18(21)38-24(30)31)22-20-16(34-35(22)8)12-15(13-19(20)39-25(32)33)29-41-27(4,5)28(6,7)42-29/h10-13,24-25H,1-9H3. The van der Waals surface area contributed by atoms with Crippen molar-refractivity contribution in [3.05, 3.63) is 29.8 Å². The molecule has 0 unspecified atom stereocenters. The van der Waals surface area contributed by atoms with Crippen molar-refractivity contribution in [2.24, 2.45) is 7.05 Å². The molecule has 1 saturated heterocycles. The van der Waals surface area contributed by atoms with E-state index < -0.39 is 48.9 Å². The first-order valence-corrected chi connectivity index (χ1v) is 13.0. The van der Waals surface area contributed by atoms with Gasteiger partial charge in [0.1, 0.15) is 28.4 Å². The lowest BCUT2D eigenvalue weighted by molar-refractivity contribution is -0.0512. The lowest BCUT2D eigenvalue weighted by Gasteiger charge is -2.32. The molecule has 2 aromatic carbocycles. The van der Waals surface area contributed by atoms with Crippen molar-refractivity contribution in [2.45, 2.75) is 78.5 Å². The molecule has 228 valence electrons. The van der Waals surface area contributed by atoms with Gasteiger partial charge in [0, 0.05) is 12.6 Å². The van der Waals surface area contributed by atoms with Gasteiger partial charge in [-0.15, -0.1) is 0 Å². The van der Waals surface area contributed by atoms with Gasteiger partial charge in [-0.2, -0.15) is 22.7 Å². The van der Waals surface area contributed by atoms with Gasteiger partial charge in [-0.25, -0.2) is 4.79 Å². The number of carbonyl (C=O) groups excluding carboxylic acids is 1. The number of esters is 1. The number of hydrogen-bond acceptors (Lipinski definition) is 8. The van der Waals surface area contributed by atoms with Crippen molar-refractivity contribution in [1.29, 1.82) is 0 Å². The van der Waals surface area contributed by atoms with E-state index in [1.54, 1.807) is 26.8 Å². The number of carbonyl (C=O) groups is 1. The van der Waals surface area contributed by atoms with Gasteiger partial charge in [0.25, 0.3) is 0 Å². The molecule has 1 fully saturated rings. The average Bonchev–Trinajstić information content (AvgIpc) is 3.27. The number of methoxy groups -OCH3 is 1. The first-order valence-electron chi connectivity index (χ1n) is 13.0. The number of rotatable bonds is 8. The number of benzene rings is 2. The van der Waals surface area contributed by atoms with Gasteiger partial charge >= 0.3 is 26.3 Å². The van der Waals surface area contributed by atoms with Gasteiger partial charge in [0.15, 0.2) is 0 Å². The zero-order chi connectivity index (χ0) is 31.4. The predicted octanol–water partition coefficient (Wildman–Crippen LogP) is 5.71. The SMILES string of the molecule is COc1cc(-c2c3c(OC(F)F)cc(B4OC(C)(C)C(C)(C)O4)cc3nn2C)cc(OC(F)F)c1C(=O)OC(C)(C)C. The fourth-order valence-corrected chi connectivity index (χ4v) is 4.55. The number of halogens is 4.